The van der Waals surface area contributed by atoms with Gasteiger partial charge in [0.2, 0.25) is 0 Å². The van der Waals surface area contributed by atoms with E-state index < -0.39 is 0 Å². The molecule has 0 bridgehead atoms. The van der Waals surface area contributed by atoms with Crippen LogP contribution in [0.4, 0.5) is 4.39 Å². The average molecular weight is 260 g/mol. The zero-order chi connectivity index (χ0) is 13.2. The Morgan fingerprint density at radius 1 is 1.42 bits per heavy atom. The topological polar surface area (TPSA) is 38.0 Å². The predicted octanol–water partition coefficient (Wildman–Crippen LogP) is 2.48. The van der Waals surface area contributed by atoms with Gasteiger partial charge in [0, 0.05) is 30.8 Å². The van der Waals surface area contributed by atoms with E-state index in [9.17, 15) is 9.50 Å². The average Bonchev–Trinajstić information content (AvgIpc) is 2.82. The van der Waals surface area contributed by atoms with Crippen molar-refractivity contribution in [3.05, 3.63) is 53.4 Å². The summed E-state index contributed by atoms with van der Waals surface area (Å²) in [4.78, 5) is 4.45. The molecule has 2 heterocycles. The Kier molecular flexibility index (Phi) is 3.34. The third-order valence-corrected chi connectivity index (χ3v) is 3.79. The van der Waals surface area contributed by atoms with E-state index in [1.165, 1.54) is 6.07 Å². The van der Waals surface area contributed by atoms with Crippen molar-refractivity contribution in [1.82, 2.24) is 9.55 Å². The molecular formula is C15H17FN2O. The van der Waals surface area contributed by atoms with Crippen LogP contribution in [0.25, 0.3) is 0 Å². The molecule has 100 valence electrons. The van der Waals surface area contributed by atoms with Crippen molar-refractivity contribution in [2.45, 2.75) is 31.7 Å². The monoisotopic (exact) mass is 260 g/mol. The van der Waals surface area contributed by atoms with Gasteiger partial charge >= 0.3 is 0 Å². The highest BCUT2D eigenvalue weighted by Crippen LogP contribution is 2.28. The van der Waals surface area contributed by atoms with Crippen molar-refractivity contribution < 1.29 is 9.50 Å². The number of aliphatic hydroxyl groups is 1. The van der Waals surface area contributed by atoms with Crippen LogP contribution in [-0.2, 0) is 13.0 Å². The summed E-state index contributed by atoms with van der Waals surface area (Å²) >= 11 is 0. The summed E-state index contributed by atoms with van der Waals surface area (Å²) < 4.78 is 15.4. The molecule has 0 saturated heterocycles. The Hall–Kier alpha value is -1.68. The van der Waals surface area contributed by atoms with E-state index in [2.05, 4.69) is 9.55 Å². The van der Waals surface area contributed by atoms with Crippen molar-refractivity contribution in [3.63, 3.8) is 0 Å². The number of fused-ring (bicyclic) bond motifs is 1. The van der Waals surface area contributed by atoms with Gasteiger partial charge in [0.15, 0.2) is 0 Å². The summed E-state index contributed by atoms with van der Waals surface area (Å²) in [7, 11) is 0. The first-order valence-electron chi connectivity index (χ1n) is 6.67. The van der Waals surface area contributed by atoms with E-state index in [4.69, 9.17) is 0 Å². The van der Waals surface area contributed by atoms with Crippen LogP contribution in [0.15, 0.2) is 30.5 Å². The van der Waals surface area contributed by atoms with Gasteiger partial charge in [-0.15, -0.1) is 0 Å². The lowest BCUT2D eigenvalue weighted by molar-refractivity contribution is 0.240. The largest absolute Gasteiger partial charge is 0.396 e. The molecule has 2 aromatic rings. The maximum atomic E-state index is 13.2. The molecule has 1 aliphatic heterocycles. The first-order valence-corrected chi connectivity index (χ1v) is 6.67. The second kappa shape index (κ2) is 5.13. The van der Waals surface area contributed by atoms with E-state index in [1.807, 2.05) is 12.3 Å². The van der Waals surface area contributed by atoms with Gasteiger partial charge in [0.05, 0.1) is 6.61 Å². The van der Waals surface area contributed by atoms with Gasteiger partial charge in [-0.3, -0.25) is 0 Å². The summed E-state index contributed by atoms with van der Waals surface area (Å²) in [5.74, 6) is 0.942. The fourth-order valence-corrected chi connectivity index (χ4v) is 2.81. The fraction of sp³-hybridized carbons (Fsp3) is 0.400. The molecule has 1 aromatic carbocycles. The molecule has 1 aliphatic rings. The number of aromatic nitrogens is 2. The number of hydrogen-bond donors (Lipinski definition) is 1. The lowest BCUT2D eigenvalue weighted by Gasteiger charge is -2.23. The zero-order valence-electron chi connectivity index (χ0n) is 10.7. The Morgan fingerprint density at radius 2 is 2.32 bits per heavy atom. The predicted molar refractivity (Wildman–Crippen MR) is 70.5 cm³/mol. The minimum atomic E-state index is -0.212. The number of rotatable bonds is 3. The van der Waals surface area contributed by atoms with Crippen LogP contribution >= 0.6 is 0 Å². The van der Waals surface area contributed by atoms with E-state index in [-0.39, 0.29) is 18.3 Å². The van der Waals surface area contributed by atoms with Crippen molar-refractivity contribution in [2.75, 3.05) is 6.61 Å². The number of halogens is 1. The summed E-state index contributed by atoms with van der Waals surface area (Å²) in [5.41, 5.74) is 2.04. The lowest BCUT2D eigenvalue weighted by Crippen LogP contribution is -2.19. The van der Waals surface area contributed by atoms with Gasteiger partial charge in [-0.1, -0.05) is 12.1 Å². The van der Waals surface area contributed by atoms with Crippen LogP contribution in [0.5, 0.6) is 0 Å². The van der Waals surface area contributed by atoms with Crippen LogP contribution in [0.1, 0.15) is 35.8 Å². The number of imidazole rings is 1. The Balaban J connectivity index is 1.88. The highest BCUT2D eigenvalue weighted by Gasteiger charge is 2.22. The molecule has 0 amide bonds. The molecule has 0 aliphatic carbocycles. The van der Waals surface area contributed by atoms with Crippen LogP contribution in [0.2, 0.25) is 0 Å². The molecular weight excluding hydrogens is 243 g/mol. The third-order valence-electron chi connectivity index (χ3n) is 3.79. The summed E-state index contributed by atoms with van der Waals surface area (Å²) in [6.45, 7) is 1.11. The lowest BCUT2D eigenvalue weighted by atomic mass is 9.97. The number of benzene rings is 1. The highest BCUT2D eigenvalue weighted by atomic mass is 19.1. The Morgan fingerprint density at radius 3 is 3.11 bits per heavy atom. The normalized spacial score (nSPS) is 18.3. The molecule has 1 aromatic heterocycles. The summed E-state index contributed by atoms with van der Waals surface area (Å²) in [5, 5.41) is 9.38. The van der Waals surface area contributed by atoms with Crippen LogP contribution in [0, 0.1) is 5.82 Å². The molecule has 3 nitrogen and oxygen atoms in total. The third kappa shape index (κ3) is 2.40. The number of hydrogen-bond acceptors (Lipinski definition) is 2. The second-order valence-corrected chi connectivity index (χ2v) is 5.08. The van der Waals surface area contributed by atoms with Crippen LogP contribution in [0.3, 0.4) is 0 Å². The second-order valence-electron chi connectivity index (χ2n) is 5.08. The van der Waals surface area contributed by atoms with Crippen molar-refractivity contribution in [2.24, 2.45) is 0 Å². The van der Waals surface area contributed by atoms with Gasteiger partial charge in [-0.25, -0.2) is 9.37 Å². The Bertz CT molecular complexity index is 579. The molecule has 1 unspecified atom stereocenters. The molecule has 1 atom stereocenters. The van der Waals surface area contributed by atoms with E-state index in [0.29, 0.717) is 6.42 Å². The zero-order valence-corrected chi connectivity index (χ0v) is 10.7. The molecule has 1 N–H and O–H groups in total. The summed E-state index contributed by atoms with van der Waals surface area (Å²) in [6.07, 6.45) is 4.57. The number of nitrogens with zero attached hydrogens (tertiary/aromatic N) is 2. The van der Waals surface area contributed by atoms with Gasteiger partial charge in [0.25, 0.3) is 0 Å². The first-order chi connectivity index (χ1) is 9.28. The first kappa shape index (κ1) is 12.4. The molecule has 3 rings (SSSR count). The fourth-order valence-electron chi connectivity index (χ4n) is 2.81. The van der Waals surface area contributed by atoms with Crippen LogP contribution < -0.4 is 0 Å². The van der Waals surface area contributed by atoms with Gasteiger partial charge in [-0.05, 0) is 30.5 Å². The van der Waals surface area contributed by atoms with Crippen LogP contribution in [-0.4, -0.2) is 21.3 Å². The summed E-state index contributed by atoms with van der Waals surface area (Å²) in [6, 6.07) is 6.64. The molecule has 19 heavy (non-hydrogen) atoms. The quantitative estimate of drug-likeness (QED) is 0.920. The molecule has 0 saturated carbocycles. The highest BCUT2D eigenvalue weighted by molar-refractivity contribution is 5.23. The maximum Gasteiger partial charge on any atom is 0.123 e. The van der Waals surface area contributed by atoms with E-state index >= 15 is 0 Å². The minimum absolute atomic E-state index is 0.172. The smallest absolute Gasteiger partial charge is 0.123 e. The molecule has 0 fully saturated rings. The van der Waals surface area contributed by atoms with Crippen molar-refractivity contribution in [3.8, 4) is 0 Å². The molecule has 0 radical (unpaired) electrons. The van der Waals surface area contributed by atoms with Crippen molar-refractivity contribution >= 4 is 0 Å². The molecule has 0 spiro atoms. The van der Waals surface area contributed by atoms with Gasteiger partial charge < -0.3 is 9.67 Å². The van der Waals surface area contributed by atoms with Gasteiger partial charge in [0.1, 0.15) is 11.6 Å². The Labute approximate surface area is 111 Å². The van der Waals surface area contributed by atoms with E-state index in [1.54, 1.807) is 12.1 Å². The number of aliphatic hydroxyl groups excluding tert-OH is 1. The SMILES string of the molecule is OCC1CCCn2c1cnc2Cc1cccc(F)c1. The van der Waals surface area contributed by atoms with Gasteiger partial charge in [-0.2, -0.15) is 0 Å². The van der Waals surface area contributed by atoms with Crippen molar-refractivity contribution in [1.29, 1.82) is 0 Å². The maximum absolute atomic E-state index is 13.2. The van der Waals surface area contributed by atoms with E-state index in [0.717, 1.165) is 36.5 Å². The minimum Gasteiger partial charge on any atom is -0.396 e. The molecule has 4 heteroatoms. The standard InChI is InChI=1S/C15H17FN2O/c16-13-5-1-3-11(7-13)8-15-17-9-14-12(10-19)4-2-6-18(14)15/h1,3,5,7,9,12,19H,2,4,6,8,10H2.